The predicted molar refractivity (Wildman–Crippen MR) is 75.6 cm³/mol. The highest BCUT2D eigenvalue weighted by molar-refractivity contribution is 5.96. The fourth-order valence-corrected chi connectivity index (χ4v) is 2.52. The number of likely N-dealkylation sites (N-methyl/N-ethyl adjacent to an activating group) is 1. The van der Waals surface area contributed by atoms with Gasteiger partial charge in [-0.1, -0.05) is 6.92 Å². The number of carboxylic acids is 1. The second-order valence-electron chi connectivity index (χ2n) is 5.09. The first-order chi connectivity index (χ1) is 10.1. The third kappa shape index (κ3) is 3.44. The first kappa shape index (κ1) is 15.6. The Bertz CT molecular complexity index is 516. The molecule has 0 spiro atoms. The Labute approximate surface area is 123 Å². The molecule has 1 amide bonds. The zero-order chi connectivity index (χ0) is 15.4. The van der Waals surface area contributed by atoms with Crippen molar-refractivity contribution in [2.24, 2.45) is 0 Å². The van der Waals surface area contributed by atoms with E-state index in [4.69, 9.17) is 14.3 Å². The zero-order valence-corrected chi connectivity index (χ0v) is 12.4. The molecule has 1 atom stereocenters. The van der Waals surface area contributed by atoms with Crippen LogP contribution in [0.1, 0.15) is 53.4 Å². The number of nitrogens with zero attached hydrogens (tertiary/aromatic N) is 1. The maximum atomic E-state index is 12.5. The molecular formula is C15H21NO5. The van der Waals surface area contributed by atoms with Gasteiger partial charge in [-0.15, -0.1) is 0 Å². The third-order valence-electron chi connectivity index (χ3n) is 3.69. The maximum absolute atomic E-state index is 12.5. The van der Waals surface area contributed by atoms with Gasteiger partial charge in [0, 0.05) is 32.2 Å². The molecule has 1 aromatic heterocycles. The van der Waals surface area contributed by atoms with Crippen molar-refractivity contribution >= 4 is 11.9 Å². The summed E-state index contributed by atoms with van der Waals surface area (Å²) >= 11 is 0. The van der Waals surface area contributed by atoms with E-state index < -0.39 is 5.97 Å². The monoisotopic (exact) mass is 295 g/mol. The number of hydrogen-bond acceptors (Lipinski definition) is 4. The van der Waals surface area contributed by atoms with Gasteiger partial charge < -0.3 is 19.2 Å². The SMILES string of the molecule is CCc1oc(C(=O)N(CC)CC2CCCO2)cc1C(=O)O. The molecule has 6 heteroatoms. The van der Waals surface area contributed by atoms with Gasteiger partial charge in [-0.3, -0.25) is 4.79 Å². The lowest BCUT2D eigenvalue weighted by atomic mass is 10.2. The number of aryl methyl sites for hydroxylation is 1. The normalized spacial score (nSPS) is 17.9. The lowest BCUT2D eigenvalue weighted by molar-refractivity contribution is 0.0514. The molecule has 0 bridgehead atoms. The minimum Gasteiger partial charge on any atom is -0.478 e. The lowest BCUT2D eigenvalue weighted by Crippen LogP contribution is -2.37. The minimum absolute atomic E-state index is 0.0634. The Kier molecular flexibility index (Phi) is 5.01. The Balaban J connectivity index is 2.14. The fourth-order valence-electron chi connectivity index (χ4n) is 2.52. The molecule has 0 saturated carbocycles. The van der Waals surface area contributed by atoms with E-state index in [0.717, 1.165) is 19.4 Å². The smallest absolute Gasteiger partial charge is 0.339 e. The van der Waals surface area contributed by atoms with Crippen LogP contribution in [0.25, 0.3) is 0 Å². The van der Waals surface area contributed by atoms with Crippen molar-refractivity contribution in [2.75, 3.05) is 19.7 Å². The molecule has 0 radical (unpaired) electrons. The first-order valence-electron chi connectivity index (χ1n) is 7.33. The van der Waals surface area contributed by atoms with Gasteiger partial charge in [0.15, 0.2) is 5.76 Å². The summed E-state index contributed by atoms with van der Waals surface area (Å²) in [6.07, 6.45) is 2.46. The van der Waals surface area contributed by atoms with Crippen molar-refractivity contribution in [2.45, 2.75) is 39.2 Å². The van der Waals surface area contributed by atoms with Crippen LogP contribution in [0.5, 0.6) is 0 Å². The van der Waals surface area contributed by atoms with E-state index in [2.05, 4.69) is 0 Å². The molecule has 0 aromatic carbocycles. The van der Waals surface area contributed by atoms with Gasteiger partial charge >= 0.3 is 5.97 Å². The van der Waals surface area contributed by atoms with E-state index in [9.17, 15) is 9.59 Å². The van der Waals surface area contributed by atoms with Crippen LogP contribution in [-0.2, 0) is 11.2 Å². The highest BCUT2D eigenvalue weighted by Gasteiger charge is 2.26. The number of rotatable bonds is 6. The van der Waals surface area contributed by atoms with Gasteiger partial charge in [-0.25, -0.2) is 4.79 Å². The van der Waals surface area contributed by atoms with Crippen LogP contribution in [0.2, 0.25) is 0 Å². The molecule has 116 valence electrons. The van der Waals surface area contributed by atoms with Gasteiger partial charge in [0.05, 0.1) is 6.10 Å². The van der Waals surface area contributed by atoms with Crippen molar-refractivity contribution in [3.8, 4) is 0 Å². The fraction of sp³-hybridized carbons (Fsp3) is 0.600. The first-order valence-corrected chi connectivity index (χ1v) is 7.33. The van der Waals surface area contributed by atoms with E-state index in [0.29, 0.717) is 25.3 Å². The van der Waals surface area contributed by atoms with Crippen LogP contribution in [0.3, 0.4) is 0 Å². The second kappa shape index (κ2) is 6.76. The number of carboxylic acid groups (broad SMARTS) is 1. The van der Waals surface area contributed by atoms with Crippen LogP contribution < -0.4 is 0 Å². The van der Waals surface area contributed by atoms with Crippen molar-refractivity contribution < 1.29 is 23.8 Å². The summed E-state index contributed by atoms with van der Waals surface area (Å²) in [6, 6.07) is 1.32. The Morgan fingerprint density at radius 2 is 2.19 bits per heavy atom. The largest absolute Gasteiger partial charge is 0.478 e. The number of carbonyl (C=O) groups is 2. The van der Waals surface area contributed by atoms with Gasteiger partial charge in [0.1, 0.15) is 11.3 Å². The van der Waals surface area contributed by atoms with E-state index in [1.54, 1.807) is 11.8 Å². The predicted octanol–water partition coefficient (Wildman–Crippen LogP) is 2.18. The van der Waals surface area contributed by atoms with Crippen molar-refractivity contribution in [1.29, 1.82) is 0 Å². The molecule has 1 aliphatic rings. The summed E-state index contributed by atoms with van der Waals surface area (Å²) in [4.78, 5) is 25.2. The second-order valence-corrected chi connectivity index (χ2v) is 5.09. The summed E-state index contributed by atoms with van der Waals surface area (Å²) < 4.78 is 11.0. The molecular weight excluding hydrogens is 274 g/mol. The third-order valence-corrected chi connectivity index (χ3v) is 3.69. The van der Waals surface area contributed by atoms with E-state index >= 15 is 0 Å². The molecule has 1 saturated heterocycles. The summed E-state index contributed by atoms with van der Waals surface area (Å²) in [5.74, 6) is -0.935. The van der Waals surface area contributed by atoms with Gasteiger partial charge in [-0.2, -0.15) is 0 Å². The van der Waals surface area contributed by atoms with Crippen molar-refractivity contribution in [3.05, 3.63) is 23.2 Å². The highest BCUT2D eigenvalue weighted by atomic mass is 16.5. The Morgan fingerprint density at radius 1 is 1.43 bits per heavy atom. The number of carbonyl (C=O) groups excluding carboxylic acids is 1. The summed E-state index contributed by atoms with van der Waals surface area (Å²) in [6.45, 7) is 5.46. The maximum Gasteiger partial charge on any atom is 0.339 e. The lowest BCUT2D eigenvalue weighted by Gasteiger charge is -2.22. The zero-order valence-electron chi connectivity index (χ0n) is 12.4. The standard InChI is InChI=1S/C15H21NO5/c1-3-12-11(15(18)19)8-13(21-12)14(17)16(4-2)9-10-6-5-7-20-10/h8,10H,3-7,9H2,1-2H3,(H,18,19). The molecule has 21 heavy (non-hydrogen) atoms. The van der Waals surface area contributed by atoms with Gasteiger partial charge in [-0.05, 0) is 19.8 Å². The number of hydrogen-bond donors (Lipinski definition) is 1. The average molecular weight is 295 g/mol. The molecule has 1 aliphatic heterocycles. The Hall–Kier alpha value is -1.82. The van der Waals surface area contributed by atoms with Gasteiger partial charge in [0.2, 0.25) is 0 Å². The van der Waals surface area contributed by atoms with Crippen LogP contribution in [0.15, 0.2) is 10.5 Å². The molecule has 1 unspecified atom stereocenters. The number of ether oxygens (including phenoxy) is 1. The quantitative estimate of drug-likeness (QED) is 0.870. The molecule has 2 rings (SSSR count). The number of amides is 1. The highest BCUT2D eigenvalue weighted by Crippen LogP contribution is 2.20. The van der Waals surface area contributed by atoms with Crippen LogP contribution in [0, 0.1) is 0 Å². The van der Waals surface area contributed by atoms with Crippen molar-refractivity contribution in [1.82, 2.24) is 4.90 Å². The van der Waals surface area contributed by atoms with Crippen LogP contribution >= 0.6 is 0 Å². The number of furan rings is 1. The van der Waals surface area contributed by atoms with E-state index in [1.165, 1.54) is 6.07 Å². The summed E-state index contributed by atoms with van der Waals surface area (Å²) in [5, 5.41) is 9.11. The minimum atomic E-state index is -1.07. The number of aromatic carboxylic acids is 1. The van der Waals surface area contributed by atoms with Crippen LogP contribution in [-0.4, -0.2) is 47.7 Å². The molecule has 6 nitrogen and oxygen atoms in total. The molecule has 1 aromatic rings. The molecule has 1 fully saturated rings. The van der Waals surface area contributed by atoms with Crippen LogP contribution in [0.4, 0.5) is 0 Å². The Morgan fingerprint density at radius 3 is 2.67 bits per heavy atom. The van der Waals surface area contributed by atoms with Crippen molar-refractivity contribution in [3.63, 3.8) is 0 Å². The topological polar surface area (TPSA) is 80.0 Å². The molecule has 2 heterocycles. The van der Waals surface area contributed by atoms with Gasteiger partial charge in [0.25, 0.3) is 5.91 Å². The average Bonchev–Trinajstić information content (AvgIpc) is 3.12. The van der Waals surface area contributed by atoms with E-state index in [1.807, 2.05) is 6.92 Å². The van der Waals surface area contributed by atoms with E-state index in [-0.39, 0.29) is 23.3 Å². The molecule has 1 N–H and O–H groups in total. The molecule has 0 aliphatic carbocycles. The summed E-state index contributed by atoms with van der Waals surface area (Å²) in [7, 11) is 0. The summed E-state index contributed by atoms with van der Waals surface area (Å²) in [5.41, 5.74) is 0.0639.